The lowest BCUT2D eigenvalue weighted by Gasteiger charge is -2.33. The summed E-state index contributed by atoms with van der Waals surface area (Å²) in [7, 11) is -2.60. The molecule has 8 nitrogen and oxygen atoms in total. The van der Waals surface area contributed by atoms with Crippen LogP contribution in [0.2, 0.25) is 5.02 Å². The SMILES string of the molecule is CC[C@H](C)NC(=O)[C@@H](C)N(Cc1ccc(OC)cc1)C(=O)CN(c1cccc(Cl)c1C)S(=O)(=O)c1ccccc1. The Morgan fingerprint density at radius 3 is 2.23 bits per heavy atom. The Morgan fingerprint density at radius 2 is 1.62 bits per heavy atom. The second-order valence-electron chi connectivity index (χ2n) is 9.57. The summed E-state index contributed by atoms with van der Waals surface area (Å²) in [6, 6.07) is 19.0. The lowest BCUT2D eigenvalue weighted by atomic mass is 10.1. The number of benzene rings is 3. The van der Waals surface area contributed by atoms with Crippen molar-refractivity contribution < 1.29 is 22.7 Å². The quantitative estimate of drug-likeness (QED) is 0.316. The number of carbonyl (C=O) groups is 2. The van der Waals surface area contributed by atoms with Crippen LogP contribution in [0.25, 0.3) is 0 Å². The average Bonchev–Trinajstić information content (AvgIpc) is 2.96. The van der Waals surface area contributed by atoms with E-state index in [1.54, 1.807) is 81.6 Å². The summed E-state index contributed by atoms with van der Waals surface area (Å²) in [6.45, 7) is 6.74. The number of amides is 2. The number of hydrogen-bond acceptors (Lipinski definition) is 5. The van der Waals surface area contributed by atoms with Crippen LogP contribution in [0.3, 0.4) is 0 Å². The summed E-state index contributed by atoms with van der Waals surface area (Å²) in [4.78, 5) is 28.6. The predicted molar refractivity (Wildman–Crippen MR) is 158 cm³/mol. The predicted octanol–water partition coefficient (Wildman–Crippen LogP) is 5.18. The first-order valence-corrected chi connectivity index (χ1v) is 14.9. The number of sulfonamides is 1. The highest BCUT2D eigenvalue weighted by molar-refractivity contribution is 7.92. The van der Waals surface area contributed by atoms with E-state index < -0.39 is 28.5 Å². The Morgan fingerprint density at radius 1 is 0.975 bits per heavy atom. The van der Waals surface area contributed by atoms with E-state index in [-0.39, 0.29) is 29.1 Å². The highest BCUT2D eigenvalue weighted by Gasteiger charge is 2.33. The van der Waals surface area contributed by atoms with Crippen LogP contribution in [-0.2, 0) is 26.2 Å². The summed E-state index contributed by atoms with van der Waals surface area (Å²) in [5.41, 5.74) is 1.56. The minimum Gasteiger partial charge on any atom is -0.497 e. The third-order valence-corrected chi connectivity index (χ3v) is 8.98. The van der Waals surface area contributed by atoms with Gasteiger partial charge in [-0.25, -0.2) is 8.42 Å². The molecular formula is C30H36ClN3O5S. The second kappa shape index (κ2) is 13.7. The first-order chi connectivity index (χ1) is 19.0. The topological polar surface area (TPSA) is 96.0 Å². The maximum atomic E-state index is 14.0. The Labute approximate surface area is 241 Å². The van der Waals surface area contributed by atoms with Crippen LogP contribution in [0.15, 0.2) is 77.7 Å². The average molecular weight is 586 g/mol. The van der Waals surface area contributed by atoms with Gasteiger partial charge in [-0.15, -0.1) is 0 Å². The van der Waals surface area contributed by atoms with Crippen LogP contribution in [0.4, 0.5) is 5.69 Å². The number of nitrogens with zero attached hydrogens (tertiary/aromatic N) is 2. The van der Waals surface area contributed by atoms with E-state index in [4.69, 9.17) is 16.3 Å². The number of halogens is 1. The van der Waals surface area contributed by atoms with Crippen molar-refractivity contribution in [1.82, 2.24) is 10.2 Å². The molecule has 0 unspecified atom stereocenters. The summed E-state index contributed by atoms with van der Waals surface area (Å²) < 4.78 is 34.1. The molecular weight excluding hydrogens is 550 g/mol. The van der Waals surface area contributed by atoms with Gasteiger partial charge in [0.1, 0.15) is 18.3 Å². The van der Waals surface area contributed by atoms with Crippen molar-refractivity contribution in [2.24, 2.45) is 0 Å². The normalized spacial score (nSPS) is 12.8. The smallest absolute Gasteiger partial charge is 0.264 e. The van der Waals surface area contributed by atoms with E-state index in [9.17, 15) is 18.0 Å². The van der Waals surface area contributed by atoms with Gasteiger partial charge in [0.2, 0.25) is 11.8 Å². The Bertz CT molecular complexity index is 1420. The number of methoxy groups -OCH3 is 1. The van der Waals surface area contributed by atoms with E-state index in [0.29, 0.717) is 16.3 Å². The maximum absolute atomic E-state index is 14.0. The van der Waals surface area contributed by atoms with Gasteiger partial charge in [-0.05, 0) is 74.7 Å². The largest absolute Gasteiger partial charge is 0.497 e. The van der Waals surface area contributed by atoms with Gasteiger partial charge in [0.25, 0.3) is 10.0 Å². The molecule has 0 saturated carbocycles. The fourth-order valence-corrected chi connectivity index (χ4v) is 5.74. The number of anilines is 1. The zero-order valence-electron chi connectivity index (χ0n) is 23.4. The van der Waals surface area contributed by atoms with E-state index in [2.05, 4.69) is 5.32 Å². The van der Waals surface area contributed by atoms with E-state index >= 15 is 0 Å². The molecule has 0 heterocycles. The molecule has 0 saturated heterocycles. The Kier molecular flexibility index (Phi) is 10.6. The highest BCUT2D eigenvalue weighted by Crippen LogP contribution is 2.31. The first kappa shape index (κ1) is 31.0. The Balaban J connectivity index is 2.05. The van der Waals surface area contributed by atoms with Crippen LogP contribution in [-0.4, -0.2) is 50.9 Å². The van der Waals surface area contributed by atoms with Gasteiger partial charge in [-0.3, -0.25) is 13.9 Å². The van der Waals surface area contributed by atoms with Gasteiger partial charge in [0.15, 0.2) is 0 Å². The van der Waals surface area contributed by atoms with Crippen molar-refractivity contribution in [2.75, 3.05) is 18.0 Å². The third-order valence-electron chi connectivity index (χ3n) is 6.80. The highest BCUT2D eigenvalue weighted by atomic mass is 35.5. The van der Waals surface area contributed by atoms with Crippen LogP contribution in [0.1, 0.15) is 38.3 Å². The molecule has 2 amide bonds. The molecule has 2 atom stereocenters. The molecule has 0 aliphatic carbocycles. The zero-order chi connectivity index (χ0) is 29.4. The van der Waals surface area contributed by atoms with Crippen LogP contribution < -0.4 is 14.4 Å². The summed E-state index contributed by atoms with van der Waals surface area (Å²) in [5, 5.41) is 3.29. The van der Waals surface area contributed by atoms with Crippen molar-refractivity contribution in [3.05, 3.63) is 88.9 Å². The molecule has 0 aliphatic heterocycles. The molecule has 0 radical (unpaired) electrons. The molecule has 0 bridgehead atoms. The van der Waals surface area contributed by atoms with Crippen molar-refractivity contribution in [1.29, 1.82) is 0 Å². The minimum absolute atomic E-state index is 0.0337. The molecule has 0 aromatic heterocycles. The fraction of sp³-hybridized carbons (Fsp3) is 0.333. The molecule has 3 rings (SSSR count). The zero-order valence-corrected chi connectivity index (χ0v) is 25.0. The molecule has 3 aromatic carbocycles. The van der Waals surface area contributed by atoms with E-state index in [1.807, 2.05) is 13.8 Å². The van der Waals surface area contributed by atoms with Crippen molar-refractivity contribution in [3.8, 4) is 5.75 Å². The lowest BCUT2D eigenvalue weighted by Crippen LogP contribution is -2.52. The van der Waals surface area contributed by atoms with Gasteiger partial charge in [-0.2, -0.15) is 0 Å². The molecule has 1 N–H and O–H groups in total. The fourth-order valence-electron chi connectivity index (χ4n) is 4.08. The molecule has 214 valence electrons. The molecule has 0 spiro atoms. The molecule has 0 aliphatic rings. The number of carbonyl (C=O) groups excluding carboxylic acids is 2. The summed E-state index contributed by atoms with van der Waals surface area (Å²) >= 11 is 6.36. The standard InChI is InChI=1S/C30H36ClN3O5S/c1-6-21(2)32-30(36)23(4)33(19-24-15-17-25(39-5)18-16-24)29(35)20-34(28-14-10-13-27(31)22(28)3)40(37,38)26-11-8-7-9-12-26/h7-18,21,23H,6,19-20H2,1-5H3,(H,32,36)/t21-,23+/m0/s1. The Hall–Kier alpha value is -3.56. The van der Waals surface area contributed by atoms with Gasteiger partial charge in [0, 0.05) is 17.6 Å². The van der Waals surface area contributed by atoms with Crippen LogP contribution >= 0.6 is 11.6 Å². The number of hydrogen-bond donors (Lipinski definition) is 1. The van der Waals surface area contributed by atoms with Gasteiger partial charge >= 0.3 is 0 Å². The van der Waals surface area contributed by atoms with Crippen molar-refractivity contribution >= 4 is 39.1 Å². The molecule has 0 fully saturated rings. The van der Waals surface area contributed by atoms with Crippen LogP contribution in [0, 0.1) is 6.92 Å². The summed E-state index contributed by atoms with van der Waals surface area (Å²) in [6.07, 6.45) is 0.724. The maximum Gasteiger partial charge on any atom is 0.264 e. The van der Waals surface area contributed by atoms with E-state index in [0.717, 1.165) is 16.3 Å². The van der Waals surface area contributed by atoms with Crippen molar-refractivity contribution in [2.45, 2.75) is 57.6 Å². The number of nitrogens with one attached hydrogen (secondary N) is 1. The second-order valence-corrected chi connectivity index (χ2v) is 11.8. The number of rotatable bonds is 12. The monoisotopic (exact) mass is 585 g/mol. The van der Waals surface area contributed by atoms with Gasteiger partial charge in [-0.1, -0.05) is 54.9 Å². The molecule has 40 heavy (non-hydrogen) atoms. The van der Waals surface area contributed by atoms with Crippen molar-refractivity contribution in [3.63, 3.8) is 0 Å². The summed E-state index contributed by atoms with van der Waals surface area (Å²) in [5.74, 6) is -0.213. The lowest BCUT2D eigenvalue weighted by molar-refractivity contribution is -0.139. The van der Waals surface area contributed by atoms with Crippen LogP contribution in [0.5, 0.6) is 5.75 Å². The van der Waals surface area contributed by atoms with E-state index in [1.165, 1.54) is 17.0 Å². The molecule has 10 heteroatoms. The number of ether oxygens (including phenoxy) is 1. The van der Waals surface area contributed by atoms with Gasteiger partial charge in [0.05, 0.1) is 17.7 Å². The minimum atomic E-state index is -4.16. The third kappa shape index (κ3) is 7.34. The first-order valence-electron chi connectivity index (χ1n) is 13.0. The molecule has 3 aromatic rings. The van der Waals surface area contributed by atoms with Gasteiger partial charge < -0.3 is 15.0 Å².